The zero-order chi connectivity index (χ0) is 16.4. The number of carbonyl (C=O) groups is 2. The van der Waals surface area contributed by atoms with E-state index < -0.39 is 0 Å². The molecule has 1 aromatic heterocycles. The van der Waals surface area contributed by atoms with Gasteiger partial charge in [0.2, 0.25) is 11.8 Å². The molecule has 0 saturated carbocycles. The van der Waals surface area contributed by atoms with Gasteiger partial charge in [0.15, 0.2) is 0 Å². The number of pyridine rings is 1. The maximum absolute atomic E-state index is 12.4. The molecular formula is C16H14ClN3O3. The highest BCUT2D eigenvalue weighted by Crippen LogP contribution is 2.22. The number of aromatic nitrogens is 1. The molecule has 1 fully saturated rings. The Balaban J connectivity index is 1.78. The van der Waals surface area contributed by atoms with Crippen molar-refractivity contribution in [1.29, 1.82) is 0 Å². The van der Waals surface area contributed by atoms with Gasteiger partial charge in [-0.2, -0.15) is 0 Å². The molecule has 1 saturated heterocycles. The summed E-state index contributed by atoms with van der Waals surface area (Å²) in [4.78, 5) is 28.0. The van der Waals surface area contributed by atoms with Crippen LogP contribution in [0.1, 0.15) is 23.8 Å². The maximum Gasteiger partial charge on any atom is 0.291 e. The smallest absolute Gasteiger partial charge is 0.291 e. The Bertz CT molecular complexity index is 748. The average Bonchev–Trinajstić information content (AvgIpc) is 2.88. The molecule has 0 radical (unpaired) electrons. The Morgan fingerprint density at radius 2 is 2.04 bits per heavy atom. The minimum atomic E-state index is -0.370. The molecule has 0 bridgehead atoms. The van der Waals surface area contributed by atoms with Gasteiger partial charge in [-0.3, -0.25) is 15.0 Å². The van der Waals surface area contributed by atoms with E-state index in [2.05, 4.69) is 10.4 Å². The lowest BCUT2D eigenvalue weighted by Gasteiger charge is -2.19. The van der Waals surface area contributed by atoms with Crippen LogP contribution in [0.15, 0.2) is 42.5 Å². The minimum absolute atomic E-state index is 0.181. The van der Waals surface area contributed by atoms with Crippen molar-refractivity contribution >= 4 is 23.4 Å². The van der Waals surface area contributed by atoms with Crippen LogP contribution in [-0.4, -0.2) is 27.8 Å². The van der Waals surface area contributed by atoms with Crippen LogP contribution >= 0.6 is 11.6 Å². The summed E-state index contributed by atoms with van der Waals surface area (Å²) in [6.45, 7) is 1.80. The molecule has 1 aliphatic rings. The van der Waals surface area contributed by atoms with Gasteiger partial charge >= 0.3 is 0 Å². The van der Waals surface area contributed by atoms with Gasteiger partial charge in [0.1, 0.15) is 11.4 Å². The van der Waals surface area contributed by atoms with Gasteiger partial charge in [-0.15, -0.1) is 0 Å². The lowest BCUT2D eigenvalue weighted by molar-refractivity contribution is -0.120. The van der Waals surface area contributed by atoms with Crippen LogP contribution in [0, 0.1) is 0 Å². The van der Waals surface area contributed by atoms with Crippen molar-refractivity contribution in [2.45, 2.75) is 19.4 Å². The van der Waals surface area contributed by atoms with E-state index in [1.54, 1.807) is 49.4 Å². The summed E-state index contributed by atoms with van der Waals surface area (Å²) in [5.74, 6) is 0.301. The largest absolute Gasteiger partial charge is 0.439 e. The number of hydrogen-bond donors (Lipinski definition) is 1. The van der Waals surface area contributed by atoms with Crippen molar-refractivity contribution in [3.63, 3.8) is 0 Å². The van der Waals surface area contributed by atoms with E-state index >= 15 is 0 Å². The molecular weight excluding hydrogens is 318 g/mol. The van der Waals surface area contributed by atoms with Crippen molar-refractivity contribution in [3.8, 4) is 11.6 Å². The maximum atomic E-state index is 12.4. The second kappa shape index (κ2) is 6.26. The second-order valence-electron chi connectivity index (χ2n) is 5.18. The molecule has 1 aromatic carbocycles. The van der Waals surface area contributed by atoms with E-state index in [4.69, 9.17) is 16.3 Å². The van der Waals surface area contributed by atoms with Gasteiger partial charge in [-0.05, 0) is 37.3 Å². The average molecular weight is 332 g/mol. The Hall–Kier alpha value is -2.60. The first-order chi connectivity index (χ1) is 11.0. The second-order valence-corrected chi connectivity index (χ2v) is 5.62. The molecule has 1 atom stereocenters. The highest BCUT2D eigenvalue weighted by atomic mass is 35.5. The molecule has 7 heteroatoms. The van der Waals surface area contributed by atoms with Gasteiger partial charge in [0.05, 0.1) is 12.5 Å². The zero-order valence-electron chi connectivity index (χ0n) is 12.3. The molecule has 118 valence electrons. The van der Waals surface area contributed by atoms with Gasteiger partial charge in [-0.25, -0.2) is 9.99 Å². The van der Waals surface area contributed by atoms with Crippen molar-refractivity contribution in [2.24, 2.45) is 0 Å². The fourth-order valence-corrected chi connectivity index (χ4v) is 2.36. The third-order valence-electron chi connectivity index (χ3n) is 3.36. The van der Waals surface area contributed by atoms with Gasteiger partial charge in [-0.1, -0.05) is 17.7 Å². The molecule has 2 amide bonds. The molecule has 2 aromatic rings. The van der Waals surface area contributed by atoms with E-state index in [0.717, 1.165) is 0 Å². The molecule has 0 aliphatic carbocycles. The number of rotatable bonds is 3. The van der Waals surface area contributed by atoms with Crippen LogP contribution in [0.2, 0.25) is 5.02 Å². The van der Waals surface area contributed by atoms with Crippen LogP contribution in [0.3, 0.4) is 0 Å². The highest BCUT2D eigenvalue weighted by molar-refractivity contribution is 6.30. The Kier molecular flexibility index (Phi) is 4.16. The summed E-state index contributed by atoms with van der Waals surface area (Å²) in [7, 11) is 0. The first-order valence-corrected chi connectivity index (χ1v) is 7.44. The van der Waals surface area contributed by atoms with Gasteiger partial charge < -0.3 is 4.74 Å². The number of carbonyl (C=O) groups excluding carboxylic acids is 2. The lowest BCUT2D eigenvalue weighted by Crippen LogP contribution is -2.42. The van der Waals surface area contributed by atoms with Gasteiger partial charge in [0.25, 0.3) is 5.91 Å². The first kappa shape index (κ1) is 15.3. The van der Waals surface area contributed by atoms with E-state index in [1.165, 1.54) is 5.01 Å². The van der Waals surface area contributed by atoms with E-state index in [9.17, 15) is 9.59 Å². The fraction of sp³-hybridized carbons (Fsp3) is 0.188. The Morgan fingerprint density at radius 3 is 2.70 bits per heavy atom. The number of hydrazine groups is 1. The Morgan fingerprint density at radius 1 is 1.30 bits per heavy atom. The van der Waals surface area contributed by atoms with E-state index in [-0.39, 0.29) is 35.9 Å². The van der Waals surface area contributed by atoms with Crippen LogP contribution in [-0.2, 0) is 4.79 Å². The summed E-state index contributed by atoms with van der Waals surface area (Å²) < 4.78 is 5.61. The number of ether oxygens (including phenoxy) is 1. The van der Waals surface area contributed by atoms with E-state index in [1.807, 2.05) is 0 Å². The topological polar surface area (TPSA) is 71.5 Å². The predicted molar refractivity (Wildman–Crippen MR) is 84.2 cm³/mol. The van der Waals surface area contributed by atoms with Crippen molar-refractivity contribution in [2.75, 3.05) is 0 Å². The summed E-state index contributed by atoms with van der Waals surface area (Å²) >= 11 is 5.82. The van der Waals surface area contributed by atoms with E-state index in [0.29, 0.717) is 10.8 Å². The van der Waals surface area contributed by atoms with Crippen molar-refractivity contribution < 1.29 is 14.3 Å². The van der Waals surface area contributed by atoms with Crippen molar-refractivity contribution in [1.82, 2.24) is 15.4 Å². The normalized spacial score (nSPS) is 17.0. The van der Waals surface area contributed by atoms with Gasteiger partial charge in [0, 0.05) is 11.1 Å². The fourth-order valence-electron chi connectivity index (χ4n) is 2.24. The summed E-state index contributed by atoms with van der Waals surface area (Å²) in [5, 5.41) is 1.89. The standard InChI is InChI=1S/C16H14ClN3O3/c1-10-9-14(21)19-20(10)16(22)13-3-2-4-15(18-13)23-12-7-5-11(17)6-8-12/h2-8,10H,9H2,1H3,(H,19,21). The molecule has 6 nitrogen and oxygen atoms in total. The SMILES string of the molecule is CC1CC(=O)NN1C(=O)c1cccc(Oc2ccc(Cl)cc2)n1. The summed E-state index contributed by atoms with van der Waals surface area (Å²) in [5.41, 5.74) is 2.73. The molecule has 1 N–H and O–H groups in total. The first-order valence-electron chi connectivity index (χ1n) is 7.06. The van der Waals surface area contributed by atoms with Crippen LogP contribution in [0.5, 0.6) is 11.6 Å². The number of benzene rings is 1. The summed E-state index contributed by atoms with van der Waals surface area (Å²) in [6, 6.07) is 11.5. The van der Waals surface area contributed by atoms with Crippen LogP contribution in [0.25, 0.3) is 0 Å². The number of halogens is 1. The zero-order valence-corrected chi connectivity index (χ0v) is 13.1. The summed E-state index contributed by atoms with van der Waals surface area (Å²) in [6.07, 6.45) is 0.284. The highest BCUT2D eigenvalue weighted by Gasteiger charge is 2.31. The number of hydrogen-bond acceptors (Lipinski definition) is 4. The quantitative estimate of drug-likeness (QED) is 0.938. The number of nitrogens with zero attached hydrogens (tertiary/aromatic N) is 2. The molecule has 23 heavy (non-hydrogen) atoms. The number of nitrogens with one attached hydrogen (secondary N) is 1. The van der Waals surface area contributed by atoms with Crippen LogP contribution in [0.4, 0.5) is 0 Å². The van der Waals surface area contributed by atoms with Crippen molar-refractivity contribution in [3.05, 3.63) is 53.2 Å². The molecule has 1 aliphatic heterocycles. The molecule has 3 rings (SSSR count). The lowest BCUT2D eigenvalue weighted by atomic mass is 10.2. The van der Waals surface area contributed by atoms with Crippen LogP contribution < -0.4 is 10.2 Å². The molecule has 1 unspecified atom stereocenters. The number of amides is 2. The third-order valence-corrected chi connectivity index (χ3v) is 3.62. The predicted octanol–water partition coefficient (Wildman–Crippen LogP) is 2.79. The monoisotopic (exact) mass is 331 g/mol. The third kappa shape index (κ3) is 3.43. The molecule has 0 spiro atoms. The minimum Gasteiger partial charge on any atom is -0.439 e. The molecule has 2 heterocycles. The Labute approximate surface area is 138 Å².